The van der Waals surface area contributed by atoms with Gasteiger partial charge in [0, 0.05) is 25.3 Å². The molecule has 0 N–H and O–H groups in total. The highest BCUT2D eigenvalue weighted by Crippen LogP contribution is 2.17. The fourth-order valence-electron chi connectivity index (χ4n) is 1.67. The van der Waals surface area contributed by atoms with Crippen molar-refractivity contribution in [2.45, 2.75) is 25.0 Å². The van der Waals surface area contributed by atoms with Gasteiger partial charge in [0.25, 0.3) is 0 Å². The lowest BCUT2D eigenvalue weighted by molar-refractivity contribution is -0.131. The third-order valence-corrected chi connectivity index (χ3v) is 4.47. The Labute approximate surface area is 96.0 Å². The molecule has 1 unspecified atom stereocenters. The van der Waals surface area contributed by atoms with E-state index in [-0.39, 0.29) is 11.8 Å². The Morgan fingerprint density at radius 2 is 1.94 bits per heavy atom. The second-order valence-corrected chi connectivity index (χ2v) is 6.57. The molecule has 5 nitrogen and oxygen atoms in total. The van der Waals surface area contributed by atoms with Gasteiger partial charge in [-0.05, 0) is 19.8 Å². The number of nitrogens with zero attached hydrogens (tertiary/aromatic N) is 2. The molecule has 0 spiro atoms. The van der Waals surface area contributed by atoms with Crippen molar-refractivity contribution >= 4 is 15.7 Å². The predicted molar refractivity (Wildman–Crippen MR) is 59.2 cm³/mol. The zero-order valence-electron chi connectivity index (χ0n) is 9.51. The van der Waals surface area contributed by atoms with Crippen LogP contribution in [0.1, 0.15) is 19.8 Å². The highest BCUT2D eigenvalue weighted by molar-refractivity contribution is 7.92. The lowest BCUT2D eigenvalue weighted by atomic mass is 9.98. The largest absolute Gasteiger partial charge is 0.341 e. The standard InChI is InChI=1S/C10H16N2O3S/c1-8(16(2,14)15)10(13)12-5-3-9(7-11)4-6-12/h8-9H,3-6H2,1-2H3. The van der Waals surface area contributed by atoms with Gasteiger partial charge in [-0.15, -0.1) is 0 Å². The summed E-state index contributed by atoms with van der Waals surface area (Å²) in [7, 11) is -3.33. The van der Waals surface area contributed by atoms with E-state index < -0.39 is 15.1 Å². The zero-order chi connectivity index (χ0) is 12.3. The highest BCUT2D eigenvalue weighted by atomic mass is 32.2. The summed E-state index contributed by atoms with van der Waals surface area (Å²) in [6.45, 7) is 2.38. The number of piperidine rings is 1. The third kappa shape index (κ3) is 2.95. The lowest BCUT2D eigenvalue weighted by Crippen LogP contribution is -2.45. The Kier molecular flexibility index (Phi) is 3.92. The van der Waals surface area contributed by atoms with Crippen LogP contribution in [0.4, 0.5) is 0 Å². The van der Waals surface area contributed by atoms with E-state index in [4.69, 9.17) is 5.26 Å². The number of carbonyl (C=O) groups is 1. The van der Waals surface area contributed by atoms with Crippen molar-refractivity contribution in [2.75, 3.05) is 19.3 Å². The average molecular weight is 244 g/mol. The molecule has 0 aromatic carbocycles. The first-order valence-electron chi connectivity index (χ1n) is 5.23. The van der Waals surface area contributed by atoms with Crippen molar-refractivity contribution in [3.8, 4) is 6.07 Å². The normalized spacial score (nSPS) is 20.2. The van der Waals surface area contributed by atoms with Crippen LogP contribution >= 0.6 is 0 Å². The molecule has 0 aliphatic carbocycles. The van der Waals surface area contributed by atoms with E-state index in [0.29, 0.717) is 25.9 Å². The van der Waals surface area contributed by atoms with Gasteiger partial charge in [0.15, 0.2) is 9.84 Å². The van der Waals surface area contributed by atoms with Gasteiger partial charge >= 0.3 is 0 Å². The molecule has 0 aromatic rings. The summed E-state index contributed by atoms with van der Waals surface area (Å²) < 4.78 is 22.5. The molecular formula is C10H16N2O3S. The molecule has 0 bridgehead atoms. The van der Waals surface area contributed by atoms with Gasteiger partial charge in [-0.3, -0.25) is 4.79 Å². The van der Waals surface area contributed by atoms with Crippen molar-refractivity contribution in [3.05, 3.63) is 0 Å². The molecular weight excluding hydrogens is 228 g/mol. The summed E-state index contributed by atoms with van der Waals surface area (Å²) in [6.07, 6.45) is 2.34. The van der Waals surface area contributed by atoms with Crippen LogP contribution in [0.5, 0.6) is 0 Å². The minimum absolute atomic E-state index is 0.00223. The van der Waals surface area contributed by atoms with E-state index in [1.165, 1.54) is 6.92 Å². The van der Waals surface area contributed by atoms with E-state index in [1.807, 2.05) is 0 Å². The smallest absolute Gasteiger partial charge is 0.240 e. The Hall–Kier alpha value is -1.09. The van der Waals surface area contributed by atoms with Crippen molar-refractivity contribution in [1.29, 1.82) is 5.26 Å². The van der Waals surface area contributed by atoms with Crippen LogP contribution in [-0.2, 0) is 14.6 Å². The molecule has 1 amide bonds. The Morgan fingerprint density at radius 3 is 2.31 bits per heavy atom. The molecule has 1 rings (SSSR count). The summed E-state index contributed by atoms with van der Waals surface area (Å²) >= 11 is 0. The summed E-state index contributed by atoms with van der Waals surface area (Å²) in [6, 6.07) is 2.17. The number of sulfone groups is 1. The van der Waals surface area contributed by atoms with Gasteiger partial charge in [0.1, 0.15) is 5.25 Å². The Morgan fingerprint density at radius 1 is 1.44 bits per heavy atom. The molecule has 1 aliphatic rings. The van der Waals surface area contributed by atoms with E-state index in [2.05, 4.69) is 6.07 Å². The van der Waals surface area contributed by atoms with E-state index in [1.54, 1.807) is 4.90 Å². The zero-order valence-corrected chi connectivity index (χ0v) is 10.3. The highest BCUT2D eigenvalue weighted by Gasteiger charge is 2.30. The van der Waals surface area contributed by atoms with E-state index in [0.717, 1.165) is 6.26 Å². The molecule has 16 heavy (non-hydrogen) atoms. The van der Waals surface area contributed by atoms with Gasteiger partial charge < -0.3 is 4.90 Å². The quantitative estimate of drug-likeness (QED) is 0.694. The molecule has 0 saturated carbocycles. The minimum atomic E-state index is -3.33. The maximum atomic E-state index is 11.8. The SMILES string of the molecule is CC(C(=O)N1CCC(C#N)CC1)S(C)(=O)=O. The summed E-state index contributed by atoms with van der Waals surface area (Å²) in [4.78, 5) is 13.3. The maximum absolute atomic E-state index is 11.8. The topological polar surface area (TPSA) is 78.2 Å². The van der Waals surface area contributed by atoms with Crippen LogP contribution in [0, 0.1) is 17.2 Å². The Bertz CT molecular complexity index is 402. The van der Waals surface area contributed by atoms with Crippen LogP contribution in [0.25, 0.3) is 0 Å². The number of carbonyl (C=O) groups excluding carboxylic acids is 1. The molecule has 0 radical (unpaired) electrons. The Balaban J connectivity index is 2.62. The molecule has 0 aromatic heterocycles. The number of rotatable bonds is 2. The summed E-state index contributed by atoms with van der Waals surface area (Å²) in [5, 5.41) is 7.72. The van der Waals surface area contributed by atoms with Crippen LogP contribution in [-0.4, -0.2) is 43.8 Å². The first-order valence-corrected chi connectivity index (χ1v) is 7.19. The van der Waals surface area contributed by atoms with Crippen molar-refractivity contribution in [2.24, 2.45) is 5.92 Å². The van der Waals surface area contributed by atoms with E-state index in [9.17, 15) is 13.2 Å². The molecule has 1 saturated heterocycles. The van der Waals surface area contributed by atoms with Crippen LogP contribution < -0.4 is 0 Å². The monoisotopic (exact) mass is 244 g/mol. The fraction of sp³-hybridized carbons (Fsp3) is 0.800. The van der Waals surface area contributed by atoms with Gasteiger partial charge in [-0.25, -0.2) is 8.42 Å². The molecule has 1 fully saturated rings. The number of hydrogen-bond acceptors (Lipinski definition) is 4. The second-order valence-electron chi connectivity index (χ2n) is 4.20. The van der Waals surface area contributed by atoms with Gasteiger partial charge in [0.2, 0.25) is 5.91 Å². The number of hydrogen-bond donors (Lipinski definition) is 0. The number of amides is 1. The third-order valence-electron chi connectivity index (χ3n) is 2.98. The first-order chi connectivity index (χ1) is 7.36. The first kappa shape index (κ1) is 13.0. The van der Waals surface area contributed by atoms with Gasteiger partial charge in [-0.1, -0.05) is 0 Å². The molecule has 90 valence electrons. The lowest BCUT2D eigenvalue weighted by Gasteiger charge is -2.30. The van der Waals surface area contributed by atoms with E-state index >= 15 is 0 Å². The molecule has 1 atom stereocenters. The second kappa shape index (κ2) is 4.83. The fourth-order valence-corrected chi connectivity index (χ4v) is 2.18. The van der Waals surface area contributed by atoms with Crippen LogP contribution in [0.15, 0.2) is 0 Å². The maximum Gasteiger partial charge on any atom is 0.240 e. The molecule has 1 aliphatic heterocycles. The van der Waals surface area contributed by atoms with Crippen molar-refractivity contribution in [3.63, 3.8) is 0 Å². The summed E-state index contributed by atoms with van der Waals surface area (Å²) in [5.41, 5.74) is 0. The van der Waals surface area contributed by atoms with Crippen LogP contribution in [0.2, 0.25) is 0 Å². The summed E-state index contributed by atoms with van der Waals surface area (Å²) in [5.74, 6) is -0.350. The average Bonchev–Trinajstić information content (AvgIpc) is 2.26. The van der Waals surface area contributed by atoms with Crippen molar-refractivity contribution in [1.82, 2.24) is 4.90 Å². The van der Waals surface area contributed by atoms with Gasteiger partial charge in [0.05, 0.1) is 6.07 Å². The molecule has 1 heterocycles. The number of likely N-dealkylation sites (tertiary alicyclic amines) is 1. The molecule has 6 heteroatoms. The van der Waals surface area contributed by atoms with Crippen molar-refractivity contribution < 1.29 is 13.2 Å². The van der Waals surface area contributed by atoms with Gasteiger partial charge in [-0.2, -0.15) is 5.26 Å². The number of nitriles is 1. The predicted octanol–water partition coefficient (Wildman–Crippen LogP) is 0.182. The minimum Gasteiger partial charge on any atom is -0.341 e. The van der Waals surface area contributed by atoms with Crippen LogP contribution in [0.3, 0.4) is 0 Å².